The molecule has 2 fully saturated rings. The Hall–Kier alpha value is -4.13. The van der Waals surface area contributed by atoms with Crippen molar-refractivity contribution < 1.29 is 22.8 Å². The third-order valence-corrected chi connectivity index (χ3v) is 8.55. The van der Waals surface area contributed by atoms with E-state index in [0.29, 0.717) is 35.6 Å². The van der Waals surface area contributed by atoms with Gasteiger partial charge in [0.05, 0.1) is 35.4 Å². The Labute approximate surface area is 223 Å². The molecule has 2 saturated carbocycles. The Bertz CT molecular complexity index is 1490. The highest BCUT2D eigenvalue weighted by Gasteiger charge is 2.68. The fraction of sp³-hybridized carbons (Fsp3) is 0.379. The number of anilines is 2. The van der Waals surface area contributed by atoms with Crippen LogP contribution in [0.3, 0.4) is 0 Å². The van der Waals surface area contributed by atoms with Crippen LogP contribution in [0.4, 0.5) is 24.5 Å². The number of amides is 2. The van der Waals surface area contributed by atoms with Gasteiger partial charge >= 0.3 is 6.18 Å². The van der Waals surface area contributed by atoms with Gasteiger partial charge in [0.1, 0.15) is 5.69 Å². The number of nitriles is 1. The lowest BCUT2D eigenvalue weighted by Gasteiger charge is -2.61. The molecule has 1 N–H and O–H groups in total. The largest absolute Gasteiger partial charge is 0.394 e. The van der Waals surface area contributed by atoms with Crippen LogP contribution in [0, 0.1) is 22.2 Å². The number of nitrogens with one attached hydrogen (secondary N) is 1. The Morgan fingerprint density at radius 2 is 1.85 bits per heavy atom. The first kappa shape index (κ1) is 25.2. The topological polar surface area (TPSA) is 91.0 Å². The van der Waals surface area contributed by atoms with Crippen LogP contribution in [0.15, 0.2) is 54.7 Å². The molecule has 39 heavy (non-hydrogen) atoms. The van der Waals surface area contributed by atoms with Gasteiger partial charge in [-0.05, 0) is 73.4 Å². The minimum Gasteiger partial charge on any atom is -0.322 e. The van der Waals surface area contributed by atoms with Gasteiger partial charge in [-0.2, -0.15) is 23.5 Å². The highest BCUT2D eigenvalue weighted by molar-refractivity contribution is 6.15. The van der Waals surface area contributed by atoms with Gasteiger partial charge in [0.15, 0.2) is 0 Å². The second-order valence-electron chi connectivity index (χ2n) is 11.1. The molecule has 0 saturated heterocycles. The number of carbonyl (C=O) groups is 2. The minimum absolute atomic E-state index is 0.0590. The van der Waals surface area contributed by atoms with Crippen LogP contribution in [-0.2, 0) is 13.0 Å². The number of hydrogen-bond donors (Lipinski definition) is 1. The van der Waals surface area contributed by atoms with Gasteiger partial charge < -0.3 is 10.2 Å². The third kappa shape index (κ3) is 4.26. The molecule has 3 aliphatic rings. The van der Waals surface area contributed by atoms with Crippen LogP contribution < -0.4 is 10.2 Å². The first-order valence-corrected chi connectivity index (χ1v) is 13.0. The zero-order chi connectivity index (χ0) is 27.4. The number of benzene rings is 2. The van der Waals surface area contributed by atoms with Crippen molar-refractivity contribution in [2.75, 3.05) is 16.8 Å². The van der Waals surface area contributed by atoms with E-state index >= 15 is 0 Å². The summed E-state index contributed by atoms with van der Waals surface area (Å²) in [4.78, 5) is 28.0. The molecule has 2 aromatic carbocycles. The van der Waals surface area contributed by atoms with Crippen LogP contribution in [0.2, 0.25) is 0 Å². The van der Waals surface area contributed by atoms with E-state index in [2.05, 4.69) is 10.4 Å². The molecule has 0 unspecified atom stereocenters. The van der Waals surface area contributed by atoms with Crippen molar-refractivity contribution in [3.63, 3.8) is 0 Å². The number of aromatic nitrogens is 2. The van der Waals surface area contributed by atoms with Crippen molar-refractivity contribution in [2.24, 2.45) is 10.8 Å². The lowest BCUT2D eigenvalue weighted by molar-refractivity contribution is -0.293. The molecule has 1 spiro atoms. The number of rotatable bonds is 5. The van der Waals surface area contributed by atoms with Crippen molar-refractivity contribution in [3.05, 3.63) is 77.1 Å². The summed E-state index contributed by atoms with van der Waals surface area (Å²) in [6.45, 7) is 0.673. The molecule has 3 aromatic rings. The quantitative estimate of drug-likeness (QED) is 0.454. The van der Waals surface area contributed by atoms with Gasteiger partial charge in [-0.15, -0.1) is 0 Å². The molecule has 0 atom stereocenters. The Morgan fingerprint density at radius 1 is 1.10 bits per heavy atom. The zero-order valence-corrected chi connectivity index (χ0v) is 21.1. The molecule has 0 bridgehead atoms. The predicted molar refractivity (Wildman–Crippen MR) is 137 cm³/mol. The van der Waals surface area contributed by atoms with Crippen LogP contribution in [-0.4, -0.2) is 34.3 Å². The van der Waals surface area contributed by atoms with E-state index in [1.807, 2.05) is 6.07 Å². The van der Waals surface area contributed by atoms with Crippen LogP contribution in [0.1, 0.15) is 64.1 Å². The first-order chi connectivity index (χ1) is 18.6. The monoisotopic (exact) mass is 533 g/mol. The fourth-order valence-electron chi connectivity index (χ4n) is 6.51. The van der Waals surface area contributed by atoms with Crippen molar-refractivity contribution in [1.82, 2.24) is 9.78 Å². The smallest absolute Gasteiger partial charge is 0.322 e. The molecule has 2 aliphatic carbocycles. The van der Waals surface area contributed by atoms with Crippen molar-refractivity contribution in [2.45, 2.75) is 51.2 Å². The molecule has 1 aromatic heterocycles. The summed E-state index contributed by atoms with van der Waals surface area (Å²) < 4.78 is 43.6. The van der Waals surface area contributed by atoms with E-state index < -0.39 is 23.4 Å². The van der Waals surface area contributed by atoms with E-state index in [1.54, 1.807) is 42.5 Å². The van der Waals surface area contributed by atoms with E-state index in [-0.39, 0.29) is 35.9 Å². The second kappa shape index (κ2) is 8.97. The Morgan fingerprint density at radius 3 is 2.49 bits per heavy atom. The van der Waals surface area contributed by atoms with E-state index in [4.69, 9.17) is 5.26 Å². The summed E-state index contributed by atoms with van der Waals surface area (Å²) >= 11 is 0. The average Bonchev–Trinajstić information content (AvgIpc) is 3.30. The van der Waals surface area contributed by atoms with Gasteiger partial charge in [0.2, 0.25) is 0 Å². The number of halogens is 3. The normalized spacial score (nSPS) is 19.0. The molecule has 2 amide bonds. The maximum absolute atomic E-state index is 14.0. The molecule has 0 radical (unpaired) electrons. The summed E-state index contributed by atoms with van der Waals surface area (Å²) in [6.07, 6.45) is 0.234. The predicted octanol–water partition coefficient (Wildman–Crippen LogP) is 5.72. The summed E-state index contributed by atoms with van der Waals surface area (Å²) in [5, 5.41) is 16.0. The van der Waals surface area contributed by atoms with Crippen molar-refractivity contribution >= 4 is 23.2 Å². The second-order valence-corrected chi connectivity index (χ2v) is 11.1. The van der Waals surface area contributed by atoms with Crippen LogP contribution in [0.25, 0.3) is 0 Å². The van der Waals surface area contributed by atoms with Gasteiger partial charge in [0.25, 0.3) is 11.8 Å². The van der Waals surface area contributed by atoms with Gasteiger partial charge in [-0.25, -0.2) is 0 Å². The van der Waals surface area contributed by atoms with E-state index in [1.165, 1.54) is 21.8 Å². The maximum Gasteiger partial charge on any atom is 0.394 e. The van der Waals surface area contributed by atoms with Gasteiger partial charge in [-0.3, -0.25) is 14.3 Å². The van der Waals surface area contributed by atoms with Crippen LogP contribution >= 0.6 is 0 Å². The van der Waals surface area contributed by atoms with Crippen LogP contribution in [0.5, 0.6) is 0 Å². The van der Waals surface area contributed by atoms with E-state index in [9.17, 15) is 22.8 Å². The molecular weight excluding hydrogens is 507 g/mol. The standard InChI is InChI=1S/C29H26F3N5O2/c30-29(31,32)28(17-27(18-28)9-2-10-27)14-19-5-7-22(8-6-19)36-11-12-37-24(26(36)39)23(16-34-37)25(38)35-21-4-1-3-20(13-21)15-33/h1,3-8,13,16H,2,9-12,14,17-18H2,(H,35,38). The maximum atomic E-state index is 14.0. The van der Waals surface area contributed by atoms with Gasteiger partial charge in [-0.1, -0.05) is 24.6 Å². The minimum atomic E-state index is -4.25. The van der Waals surface area contributed by atoms with Gasteiger partial charge in [0, 0.05) is 17.9 Å². The summed E-state index contributed by atoms with van der Waals surface area (Å²) in [5.74, 6) is -0.945. The van der Waals surface area contributed by atoms with E-state index in [0.717, 1.165) is 19.3 Å². The molecule has 10 heteroatoms. The molecule has 6 rings (SSSR count). The third-order valence-electron chi connectivity index (χ3n) is 8.55. The first-order valence-electron chi connectivity index (χ1n) is 13.0. The summed E-state index contributed by atoms with van der Waals surface area (Å²) in [5.41, 5.74) is 0.408. The Balaban J connectivity index is 1.19. The molecule has 1 aliphatic heterocycles. The number of nitrogens with zero attached hydrogens (tertiary/aromatic N) is 4. The number of fused-ring (bicyclic) bond motifs is 1. The molecule has 200 valence electrons. The van der Waals surface area contributed by atoms with Crippen molar-refractivity contribution in [3.8, 4) is 6.07 Å². The number of hydrogen-bond acceptors (Lipinski definition) is 4. The summed E-state index contributed by atoms with van der Waals surface area (Å²) in [7, 11) is 0. The highest BCUT2D eigenvalue weighted by atomic mass is 19.4. The fourth-order valence-corrected chi connectivity index (χ4v) is 6.51. The lowest BCUT2D eigenvalue weighted by Crippen LogP contribution is -2.58. The lowest BCUT2D eigenvalue weighted by atomic mass is 9.44. The molecule has 2 heterocycles. The SMILES string of the molecule is N#Cc1cccc(NC(=O)c2cnn3c2C(=O)N(c2ccc(CC4(C(F)(F)F)CC5(CCC5)C4)cc2)CC3)c1. The Kier molecular flexibility index (Phi) is 5.79. The van der Waals surface area contributed by atoms with Crippen molar-refractivity contribution in [1.29, 1.82) is 5.26 Å². The molecule has 7 nitrogen and oxygen atoms in total. The number of alkyl halides is 3. The summed E-state index contributed by atoms with van der Waals surface area (Å²) in [6, 6.07) is 15.1. The zero-order valence-electron chi connectivity index (χ0n) is 21.1. The average molecular weight is 534 g/mol. The number of carbonyl (C=O) groups excluding carboxylic acids is 2. The highest BCUT2D eigenvalue weighted by Crippen LogP contribution is 2.70. The molecular formula is C29H26F3N5O2.